The lowest BCUT2D eigenvalue weighted by Gasteiger charge is -2.39. The molecule has 1 N–H and O–H groups in total. The van der Waals surface area contributed by atoms with Crippen LogP contribution in [0.2, 0.25) is 10.0 Å². The van der Waals surface area contributed by atoms with Crippen LogP contribution < -0.4 is 0 Å². The lowest BCUT2D eigenvalue weighted by molar-refractivity contribution is 0.0177. The molecule has 0 bridgehead atoms. The van der Waals surface area contributed by atoms with Crippen LogP contribution in [-0.2, 0) is 21.0 Å². The van der Waals surface area contributed by atoms with Gasteiger partial charge in [0.1, 0.15) is 12.7 Å². The fourth-order valence-electron chi connectivity index (χ4n) is 4.37. The van der Waals surface area contributed by atoms with E-state index in [2.05, 4.69) is 0 Å². The van der Waals surface area contributed by atoms with Crippen molar-refractivity contribution in [3.63, 3.8) is 0 Å². The highest BCUT2D eigenvalue weighted by molar-refractivity contribution is 7.91. The summed E-state index contributed by atoms with van der Waals surface area (Å²) in [5.74, 6) is 0. The number of aldehydes is 1. The third kappa shape index (κ3) is 7.39. The average molecular weight is 593 g/mol. The van der Waals surface area contributed by atoms with E-state index < -0.39 is 27.6 Å². The van der Waals surface area contributed by atoms with Gasteiger partial charge in [0, 0.05) is 16.6 Å². The van der Waals surface area contributed by atoms with E-state index in [1.807, 2.05) is 27.7 Å². The molecule has 0 aromatic heterocycles. The molecule has 0 radical (unpaired) electrons. The Bertz CT molecular complexity index is 1430. The third-order valence-corrected chi connectivity index (χ3v) is 8.54. The zero-order chi connectivity index (χ0) is 29.0. The van der Waals surface area contributed by atoms with Gasteiger partial charge in [-0.05, 0) is 81.6 Å². The molecule has 0 spiro atoms. The number of rotatable bonds is 9. The van der Waals surface area contributed by atoms with Gasteiger partial charge in [0.05, 0.1) is 20.4 Å². The van der Waals surface area contributed by atoms with Crippen LogP contribution in [0.25, 0.3) is 0 Å². The summed E-state index contributed by atoms with van der Waals surface area (Å²) in [6.45, 7) is 7.26. The van der Waals surface area contributed by atoms with Crippen molar-refractivity contribution < 1.29 is 27.9 Å². The number of sulfone groups is 1. The second kappa shape index (κ2) is 12.5. The molecule has 0 saturated heterocycles. The summed E-state index contributed by atoms with van der Waals surface area (Å²) in [6, 6.07) is 16.9. The van der Waals surface area contributed by atoms with Gasteiger partial charge in [0.2, 0.25) is 9.84 Å². The predicted octanol–water partition coefficient (Wildman–Crippen LogP) is 6.54. The van der Waals surface area contributed by atoms with Crippen LogP contribution in [-0.4, -0.2) is 49.0 Å². The maximum Gasteiger partial charge on any atom is 0.410 e. The van der Waals surface area contributed by atoms with Crippen molar-refractivity contribution in [1.29, 1.82) is 0 Å². The average Bonchev–Trinajstić information content (AvgIpc) is 2.86. The molecular weight excluding hydrogens is 561 g/mol. The number of carbonyl (C=O) groups excluding carboxylic acids is 2. The van der Waals surface area contributed by atoms with Crippen molar-refractivity contribution in [2.45, 2.75) is 61.6 Å². The Kier molecular flexibility index (Phi) is 9.83. The summed E-state index contributed by atoms with van der Waals surface area (Å²) in [6.07, 6.45) is -0.768. The molecule has 3 rings (SSSR count). The molecule has 3 aromatic carbocycles. The van der Waals surface area contributed by atoms with E-state index in [0.29, 0.717) is 23.3 Å². The topological polar surface area (TPSA) is 101 Å². The SMILES string of the molecule is C[C@H](Cc1ccc(S(=O)(=O)c2cccc(Cl)c2C=O)cc1)N(C(=O)OC[C@H](O)c1cccc(Cl)c1)C(C)(C)C. The number of amides is 1. The molecule has 2 atom stereocenters. The van der Waals surface area contributed by atoms with Gasteiger partial charge in [-0.1, -0.05) is 53.5 Å². The number of aliphatic hydroxyl groups is 1. The number of nitrogens with zero attached hydrogens (tertiary/aromatic N) is 1. The van der Waals surface area contributed by atoms with Crippen molar-refractivity contribution in [2.24, 2.45) is 0 Å². The van der Waals surface area contributed by atoms with Crippen LogP contribution in [0.5, 0.6) is 0 Å². The van der Waals surface area contributed by atoms with Gasteiger partial charge >= 0.3 is 6.09 Å². The van der Waals surface area contributed by atoms with E-state index >= 15 is 0 Å². The van der Waals surface area contributed by atoms with Crippen LogP contribution in [0.15, 0.2) is 76.5 Å². The third-order valence-electron chi connectivity index (χ3n) is 6.14. The Morgan fingerprint density at radius 3 is 2.28 bits per heavy atom. The first-order chi connectivity index (χ1) is 18.3. The van der Waals surface area contributed by atoms with Crippen LogP contribution in [0.4, 0.5) is 4.79 Å². The van der Waals surface area contributed by atoms with Crippen LogP contribution >= 0.6 is 23.2 Å². The molecule has 3 aromatic rings. The Labute approximate surface area is 239 Å². The Hall–Kier alpha value is -2.91. The lowest BCUT2D eigenvalue weighted by atomic mass is 10.00. The summed E-state index contributed by atoms with van der Waals surface area (Å²) >= 11 is 12.0. The van der Waals surface area contributed by atoms with Gasteiger partial charge in [0.25, 0.3) is 0 Å². The number of hydrogen-bond donors (Lipinski definition) is 1. The lowest BCUT2D eigenvalue weighted by Crippen LogP contribution is -2.51. The fourth-order valence-corrected chi connectivity index (χ4v) is 6.30. The van der Waals surface area contributed by atoms with Crippen LogP contribution in [0.1, 0.15) is 55.3 Å². The number of carbonyl (C=O) groups is 2. The number of benzene rings is 3. The van der Waals surface area contributed by atoms with E-state index in [1.54, 1.807) is 41.3 Å². The predicted molar refractivity (Wildman–Crippen MR) is 151 cm³/mol. The molecule has 10 heteroatoms. The van der Waals surface area contributed by atoms with Gasteiger partial charge < -0.3 is 14.7 Å². The molecule has 0 aliphatic heterocycles. The first-order valence-electron chi connectivity index (χ1n) is 12.2. The summed E-state index contributed by atoms with van der Waals surface area (Å²) in [4.78, 5) is 26.0. The minimum absolute atomic E-state index is 0.0198. The van der Waals surface area contributed by atoms with Crippen molar-refractivity contribution in [3.8, 4) is 0 Å². The largest absolute Gasteiger partial charge is 0.446 e. The Morgan fingerprint density at radius 2 is 1.69 bits per heavy atom. The van der Waals surface area contributed by atoms with E-state index in [4.69, 9.17) is 27.9 Å². The summed E-state index contributed by atoms with van der Waals surface area (Å²) in [7, 11) is -3.98. The van der Waals surface area contributed by atoms with Gasteiger partial charge in [-0.2, -0.15) is 0 Å². The molecular formula is C29H31Cl2NO6S. The Balaban J connectivity index is 1.74. The van der Waals surface area contributed by atoms with Gasteiger partial charge in [-0.3, -0.25) is 4.79 Å². The molecule has 0 heterocycles. The van der Waals surface area contributed by atoms with Crippen LogP contribution in [0, 0.1) is 0 Å². The van der Waals surface area contributed by atoms with Gasteiger partial charge in [-0.25, -0.2) is 13.2 Å². The standard InChI is InChI=1S/C29H31Cl2NO6S/c1-19(32(29(2,3)4)28(35)38-18-26(34)21-7-5-8-22(30)16-21)15-20-11-13-23(14-12-20)39(36,37)27-10-6-9-25(31)24(27)17-33/h5-14,16-17,19,26,34H,15,18H2,1-4H3/t19-,26+/m1/s1. The normalized spacial score (nSPS) is 13.4. The highest BCUT2D eigenvalue weighted by atomic mass is 35.5. The van der Waals surface area contributed by atoms with Crippen LogP contribution in [0.3, 0.4) is 0 Å². The van der Waals surface area contributed by atoms with E-state index in [0.717, 1.165) is 5.56 Å². The highest BCUT2D eigenvalue weighted by Crippen LogP contribution is 2.29. The molecule has 0 saturated carbocycles. The molecule has 208 valence electrons. The van der Waals surface area contributed by atoms with E-state index in [-0.39, 0.29) is 33.0 Å². The van der Waals surface area contributed by atoms with Crippen molar-refractivity contribution in [2.75, 3.05) is 6.61 Å². The van der Waals surface area contributed by atoms with E-state index in [9.17, 15) is 23.1 Å². The molecule has 7 nitrogen and oxygen atoms in total. The number of hydrogen-bond acceptors (Lipinski definition) is 6. The first kappa shape index (κ1) is 30.6. The Morgan fingerprint density at radius 1 is 1.05 bits per heavy atom. The maximum absolute atomic E-state index is 13.2. The second-order valence-electron chi connectivity index (χ2n) is 10.2. The summed E-state index contributed by atoms with van der Waals surface area (Å²) in [5, 5.41) is 11.0. The number of aliphatic hydroxyl groups excluding tert-OH is 1. The van der Waals surface area contributed by atoms with Gasteiger partial charge in [0.15, 0.2) is 6.29 Å². The first-order valence-corrected chi connectivity index (χ1v) is 14.5. The summed E-state index contributed by atoms with van der Waals surface area (Å²) in [5.41, 5.74) is 0.651. The fraction of sp³-hybridized carbons (Fsp3) is 0.310. The molecule has 39 heavy (non-hydrogen) atoms. The summed E-state index contributed by atoms with van der Waals surface area (Å²) < 4.78 is 31.8. The molecule has 0 aliphatic carbocycles. The monoisotopic (exact) mass is 591 g/mol. The van der Waals surface area contributed by atoms with Crippen molar-refractivity contribution in [3.05, 3.63) is 93.5 Å². The second-order valence-corrected chi connectivity index (χ2v) is 12.9. The zero-order valence-electron chi connectivity index (χ0n) is 22.1. The van der Waals surface area contributed by atoms with Gasteiger partial charge in [-0.15, -0.1) is 0 Å². The quantitative estimate of drug-likeness (QED) is 0.283. The molecule has 0 aliphatic rings. The minimum Gasteiger partial charge on any atom is -0.446 e. The van der Waals surface area contributed by atoms with Crippen molar-refractivity contribution >= 4 is 45.4 Å². The minimum atomic E-state index is -3.98. The van der Waals surface area contributed by atoms with Crippen molar-refractivity contribution in [1.82, 2.24) is 4.90 Å². The molecule has 0 fully saturated rings. The molecule has 1 amide bonds. The number of ether oxygens (including phenoxy) is 1. The van der Waals surface area contributed by atoms with E-state index in [1.165, 1.54) is 30.3 Å². The smallest absolute Gasteiger partial charge is 0.410 e. The number of halogens is 2. The molecule has 0 unspecified atom stereocenters. The highest BCUT2D eigenvalue weighted by Gasteiger charge is 2.33. The maximum atomic E-state index is 13.2. The zero-order valence-corrected chi connectivity index (χ0v) is 24.4.